The lowest BCUT2D eigenvalue weighted by Crippen LogP contribution is -2.53. The van der Waals surface area contributed by atoms with Crippen LogP contribution in [0.25, 0.3) is 0 Å². The number of amides is 3. The van der Waals surface area contributed by atoms with Gasteiger partial charge in [0.1, 0.15) is 11.8 Å². The molecule has 0 spiro atoms. The number of imidazole rings is 1. The summed E-state index contributed by atoms with van der Waals surface area (Å²) in [6.45, 7) is 1.81. The number of nitrogens with one attached hydrogen (secondary N) is 3. The average molecular weight is 476 g/mol. The number of H-pyrrole nitrogens is 1. The first kappa shape index (κ1) is 24.3. The first-order chi connectivity index (χ1) is 17.1. The number of ether oxygens (including phenoxy) is 1. The Kier molecular flexibility index (Phi) is 8.38. The number of piperidine rings is 1. The molecule has 0 saturated carbocycles. The molecule has 1 aliphatic heterocycles. The number of likely N-dealkylation sites (tertiary alicyclic amines) is 1. The van der Waals surface area contributed by atoms with Gasteiger partial charge in [-0.3, -0.25) is 4.79 Å². The van der Waals surface area contributed by atoms with Gasteiger partial charge in [0.2, 0.25) is 5.91 Å². The minimum atomic E-state index is -0.649. The molecule has 0 aliphatic carbocycles. The van der Waals surface area contributed by atoms with Gasteiger partial charge >= 0.3 is 6.03 Å². The molecule has 1 unspecified atom stereocenters. The molecule has 3 aromatic rings. The van der Waals surface area contributed by atoms with E-state index in [0.717, 1.165) is 29.8 Å². The summed E-state index contributed by atoms with van der Waals surface area (Å²) in [5, 5.41) is 5.77. The van der Waals surface area contributed by atoms with Gasteiger partial charge in [0.15, 0.2) is 0 Å². The van der Waals surface area contributed by atoms with Crippen molar-refractivity contribution in [1.82, 2.24) is 25.5 Å². The van der Waals surface area contributed by atoms with E-state index in [-0.39, 0.29) is 11.9 Å². The lowest BCUT2D eigenvalue weighted by Gasteiger charge is -2.34. The lowest BCUT2D eigenvalue weighted by atomic mass is 9.89. The molecule has 1 aromatic heterocycles. The molecule has 8 nitrogen and oxygen atoms in total. The second kappa shape index (κ2) is 12.1. The molecule has 0 radical (unpaired) electrons. The Balaban J connectivity index is 1.37. The van der Waals surface area contributed by atoms with Crippen molar-refractivity contribution in [2.24, 2.45) is 0 Å². The number of aromatic amines is 1. The van der Waals surface area contributed by atoms with E-state index in [1.165, 1.54) is 5.56 Å². The zero-order valence-electron chi connectivity index (χ0n) is 20.1. The smallest absolute Gasteiger partial charge is 0.315 e. The zero-order chi connectivity index (χ0) is 24.5. The quantitative estimate of drug-likeness (QED) is 0.442. The van der Waals surface area contributed by atoms with Crippen LogP contribution in [0.2, 0.25) is 0 Å². The molecule has 4 rings (SSSR count). The summed E-state index contributed by atoms with van der Waals surface area (Å²) in [5.41, 5.74) is 3.22. The summed E-state index contributed by atoms with van der Waals surface area (Å²) < 4.78 is 5.24. The third-order valence-corrected chi connectivity index (χ3v) is 6.51. The van der Waals surface area contributed by atoms with Crippen molar-refractivity contribution in [2.75, 3.05) is 26.7 Å². The predicted octanol–water partition coefficient (Wildman–Crippen LogP) is 3.28. The van der Waals surface area contributed by atoms with Crippen molar-refractivity contribution < 1.29 is 14.3 Å². The summed E-state index contributed by atoms with van der Waals surface area (Å²) in [6.07, 6.45) is 6.23. The first-order valence-electron chi connectivity index (χ1n) is 12.1. The van der Waals surface area contributed by atoms with Gasteiger partial charge in [0.05, 0.1) is 13.4 Å². The normalized spacial score (nSPS) is 14.8. The summed E-state index contributed by atoms with van der Waals surface area (Å²) in [5.74, 6) is 1.17. The van der Waals surface area contributed by atoms with Crippen LogP contribution in [-0.2, 0) is 17.6 Å². The molecule has 0 bridgehead atoms. The largest absolute Gasteiger partial charge is 0.497 e. The number of hydrogen-bond donors (Lipinski definition) is 3. The standard InChI is InChI=1S/C27H33N5O3/c1-35-24-9-7-20(8-10-24)17-25(31-27(34)29-14-11-23-18-28-19-30-23)26(33)32-15-12-22(13-16-32)21-5-3-2-4-6-21/h2-10,18-19,22,25H,11-17H2,1H3,(H,28,30)(H2,29,31,34). The van der Waals surface area contributed by atoms with Gasteiger partial charge < -0.3 is 25.3 Å². The number of nitrogens with zero attached hydrogens (tertiary/aromatic N) is 2. The van der Waals surface area contributed by atoms with Gasteiger partial charge in [-0.1, -0.05) is 42.5 Å². The third kappa shape index (κ3) is 6.85. The summed E-state index contributed by atoms with van der Waals surface area (Å²) in [7, 11) is 1.62. The lowest BCUT2D eigenvalue weighted by molar-refractivity contribution is -0.134. The summed E-state index contributed by atoms with van der Waals surface area (Å²) in [6, 6.07) is 17.1. The second-order valence-corrected chi connectivity index (χ2v) is 8.84. The van der Waals surface area contributed by atoms with E-state index in [0.29, 0.717) is 38.4 Å². The number of carbonyl (C=O) groups is 2. The monoisotopic (exact) mass is 475 g/mol. The highest BCUT2D eigenvalue weighted by Gasteiger charge is 2.30. The van der Waals surface area contributed by atoms with Crippen LogP contribution in [0.1, 0.15) is 35.6 Å². The molecule has 2 aromatic carbocycles. The van der Waals surface area contributed by atoms with E-state index in [1.807, 2.05) is 35.2 Å². The maximum Gasteiger partial charge on any atom is 0.315 e. The number of urea groups is 1. The fourth-order valence-corrected chi connectivity index (χ4v) is 4.52. The van der Waals surface area contributed by atoms with Crippen molar-refractivity contribution in [3.63, 3.8) is 0 Å². The molecule has 3 N–H and O–H groups in total. The fourth-order valence-electron chi connectivity index (χ4n) is 4.52. The maximum absolute atomic E-state index is 13.5. The average Bonchev–Trinajstić information content (AvgIpc) is 3.42. The fraction of sp³-hybridized carbons (Fsp3) is 0.370. The van der Waals surface area contributed by atoms with Crippen molar-refractivity contribution in [3.05, 3.63) is 83.9 Å². The minimum Gasteiger partial charge on any atom is -0.497 e. The number of carbonyl (C=O) groups excluding carboxylic acids is 2. The molecule has 2 heterocycles. The number of methoxy groups -OCH3 is 1. The Morgan fingerprint density at radius 3 is 2.51 bits per heavy atom. The van der Waals surface area contributed by atoms with Crippen LogP contribution in [0.3, 0.4) is 0 Å². The Morgan fingerprint density at radius 1 is 1.11 bits per heavy atom. The Hall–Kier alpha value is -3.81. The first-order valence-corrected chi connectivity index (χ1v) is 12.1. The van der Waals surface area contributed by atoms with Gasteiger partial charge in [0.25, 0.3) is 0 Å². The van der Waals surface area contributed by atoms with Crippen LogP contribution in [0.4, 0.5) is 4.79 Å². The van der Waals surface area contributed by atoms with Crippen molar-refractivity contribution in [2.45, 2.75) is 37.6 Å². The van der Waals surface area contributed by atoms with Crippen LogP contribution in [0, 0.1) is 0 Å². The zero-order valence-corrected chi connectivity index (χ0v) is 20.1. The van der Waals surface area contributed by atoms with E-state index in [2.05, 4.69) is 44.9 Å². The molecule has 35 heavy (non-hydrogen) atoms. The van der Waals surface area contributed by atoms with E-state index < -0.39 is 6.04 Å². The van der Waals surface area contributed by atoms with E-state index in [1.54, 1.807) is 19.6 Å². The number of rotatable bonds is 9. The predicted molar refractivity (Wildman–Crippen MR) is 134 cm³/mol. The molecule has 1 atom stereocenters. The van der Waals surface area contributed by atoms with Gasteiger partial charge in [-0.05, 0) is 42.0 Å². The maximum atomic E-state index is 13.5. The SMILES string of the molecule is COc1ccc(CC(NC(=O)NCCc2cnc[nH]2)C(=O)N2CCC(c3ccccc3)CC2)cc1. The Bertz CT molecular complexity index is 1060. The molecular weight excluding hydrogens is 442 g/mol. The summed E-state index contributed by atoms with van der Waals surface area (Å²) in [4.78, 5) is 35.1. The molecule has 1 saturated heterocycles. The number of aromatic nitrogens is 2. The third-order valence-electron chi connectivity index (χ3n) is 6.51. The van der Waals surface area contributed by atoms with Gasteiger partial charge in [-0.15, -0.1) is 0 Å². The van der Waals surface area contributed by atoms with Crippen LogP contribution >= 0.6 is 0 Å². The Labute approximate surface area is 206 Å². The Morgan fingerprint density at radius 2 is 1.86 bits per heavy atom. The van der Waals surface area contributed by atoms with E-state index >= 15 is 0 Å². The molecule has 8 heteroatoms. The second-order valence-electron chi connectivity index (χ2n) is 8.84. The van der Waals surface area contributed by atoms with Crippen LogP contribution in [0.15, 0.2) is 67.1 Å². The highest BCUT2D eigenvalue weighted by atomic mass is 16.5. The highest BCUT2D eigenvalue weighted by molar-refractivity contribution is 5.87. The van der Waals surface area contributed by atoms with Gasteiger partial charge in [-0.25, -0.2) is 9.78 Å². The minimum absolute atomic E-state index is 0.0453. The van der Waals surface area contributed by atoms with Crippen molar-refractivity contribution in [1.29, 1.82) is 0 Å². The summed E-state index contributed by atoms with van der Waals surface area (Å²) >= 11 is 0. The van der Waals surface area contributed by atoms with E-state index in [4.69, 9.17) is 4.74 Å². The number of hydrogen-bond acceptors (Lipinski definition) is 4. The van der Waals surface area contributed by atoms with Crippen LogP contribution < -0.4 is 15.4 Å². The molecule has 3 amide bonds. The van der Waals surface area contributed by atoms with Gasteiger partial charge in [-0.2, -0.15) is 0 Å². The van der Waals surface area contributed by atoms with E-state index in [9.17, 15) is 9.59 Å². The number of benzene rings is 2. The highest BCUT2D eigenvalue weighted by Crippen LogP contribution is 2.28. The van der Waals surface area contributed by atoms with Crippen LogP contribution in [-0.4, -0.2) is 59.6 Å². The molecule has 184 valence electrons. The van der Waals surface area contributed by atoms with Gasteiger partial charge in [0, 0.05) is 44.4 Å². The molecular formula is C27H33N5O3. The topological polar surface area (TPSA) is 99.3 Å². The molecule has 1 fully saturated rings. The van der Waals surface area contributed by atoms with Crippen molar-refractivity contribution >= 4 is 11.9 Å². The van der Waals surface area contributed by atoms with Crippen molar-refractivity contribution in [3.8, 4) is 5.75 Å². The molecule has 1 aliphatic rings. The van der Waals surface area contributed by atoms with Crippen LogP contribution in [0.5, 0.6) is 5.75 Å².